The number of ether oxygens (including phenoxy) is 1. The SMILES string of the molecule is COc1ccc(C2(C)CC(=O)NC2=O)cc1. The third-order valence-electron chi connectivity index (χ3n) is 3.00. The van der Waals surface area contributed by atoms with E-state index in [1.807, 2.05) is 12.1 Å². The van der Waals surface area contributed by atoms with Gasteiger partial charge in [0.05, 0.1) is 12.5 Å². The van der Waals surface area contributed by atoms with Crippen molar-refractivity contribution in [3.8, 4) is 5.75 Å². The Balaban J connectivity index is 2.36. The van der Waals surface area contributed by atoms with Crippen molar-refractivity contribution in [2.45, 2.75) is 18.8 Å². The Bertz CT molecular complexity index is 438. The fourth-order valence-corrected chi connectivity index (χ4v) is 1.90. The van der Waals surface area contributed by atoms with Crippen LogP contribution in [0.4, 0.5) is 0 Å². The summed E-state index contributed by atoms with van der Waals surface area (Å²) in [4.78, 5) is 22.9. The number of carbonyl (C=O) groups excluding carboxylic acids is 2. The zero-order valence-corrected chi connectivity index (χ0v) is 9.24. The van der Waals surface area contributed by atoms with Crippen LogP contribution in [0.15, 0.2) is 24.3 Å². The van der Waals surface area contributed by atoms with E-state index in [1.54, 1.807) is 26.2 Å². The molecule has 1 aromatic carbocycles. The lowest BCUT2D eigenvalue weighted by atomic mass is 9.81. The molecule has 0 radical (unpaired) electrons. The van der Waals surface area contributed by atoms with Crippen LogP contribution in [0.1, 0.15) is 18.9 Å². The highest BCUT2D eigenvalue weighted by Gasteiger charge is 2.43. The molecular weight excluding hydrogens is 206 g/mol. The summed E-state index contributed by atoms with van der Waals surface area (Å²) in [6.45, 7) is 1.77. The van der Waals surface area contributed by atoms with Crippen LogP contribution >= 0.6 is 0 Å². The van der Waals surface area contributed by atoms with Crippen LogP contribution in [0.2, 0.25) is 0 Å². The molecule has 1 atom stereocenters. The molecule has 1 aliphatic rings. The predicted molar refractivity (Wildman–Crippen MR) is 58.1 cm³/mol. The van der Waals surface area contributed by atoms with Crippen molar-refractivity contribution in [2.24, 2.45) is 0 Å². The molecule has 0 aromatic heterocycles. The van der Waals surface area contributed by atoms with E-state index in [2.05, 4.69) is 5.32 Å². The maximum absolute atomic E-state index is 11.7. The smallest absolute Gasteiger partial charge is 0.237 e. The molecule has 0 spiro atoms. The molecule has 1 fully saturated rings. The Labute approximate surface area is 93.6 Å². The minimum atomic E-state index is -0.747. The molecule has 1 N–H and O–H groups in total. The summed E-state index contributed by atoms with van der Waals surface area (Å²) in [7, 11) is 1.59. The first-order valence-corrected chi connectivity index (χ1v) is 5.05. The Morgan fingerprint density at radius 3 is 2.31 bits per heavy atom. The summed E-state index contributed by atoms with van der Waals surface area (Å²) in [5, 5.41) is 2.33. The van der Waals surface area contributed by atoms with Gasteiger partial charge >= 0.3 is 0 Å². The van der Waals surface area contributed by atoms with Gasteiger partial charge in [0.25, 0.3) is 0 Å². The lowest BCUT2D eigenvalue weighted by Crippen LogP contribution is -2.32. The fourth-order valence-electron chi connectivity index (χ4n) is 1.90. The first-order valence-electron chi connectivity index (χ1n) is 5.05. The highest BCUT2D eigenvalue weighted by Crippen LogP contribution is 2.32. The van der Waals surface area contributed by atoms with Gasteiger partial charge in [-0.25, -0.2) is 0 Å². The molecular formula is C12H13NO3. The van der Waals surface area contributed by atoms with Gasteiger partial charge in [0.15, 0.2) is 0 Å². The van der Waals surface area contributed by atoms with E-state index in [1.165, 1.54) is 0 Å². The van der Waals surface area contributed by atoms with E-state index >= 15 is 0 Å². The second-order valence-electron chi connectivity index (χ2n) is 4.11. The van der Waals surface area contributed by atoms with E-state index in [4.69, 9.17) is 4.74 Å². The number of amides is 2. The molecule has 1 aliphatic heterocycles. The van der Waals surface area contributed by atoms with Crippen molar-refractivity contribution in [1.82, 2.24) is 5.32 Å². The van der Waals surface area contributed by atoms with Crippen LogP contribution < -0.4 is 10.1 Å². The van der Waals surface area contributed by atoms with Crippen molar-refractivity contribution in [2.75, 3.05) is 7.11 Å². The number of imide groups is 1. The van der Waals surface area contributed by atoms with Crippen LogP contribution in [0, 0.1) is 0 Å². The van der Waals surface area contributed by atoms with E-state index in [0.717, 1.165) is 11.3 Å². The van der Waals surface area contributed by atoms with Crippen molar-refractivity contribution >= 4 is 11.8 Å². The van der Waals surface area contributed by atoms with Crippen LogP contribution in [-0.4, -0.2) is 18.9 Å². The molecule has 0 aliphatic carbocycles. The Morgan fingerprint density at radius 1 is 1.25 bits per heavy atom. The van der Waals surface area contributed by atoms with Gasteiger partial charge in [0.2, 0.25) is 11.8 Å². The third kappa shape index (κ3) is 1.56. The maximum Gasteiger partial charge on any atom is 0.237 e. The van der Waals surface area contributed by atoms with Crippen LogP contribution in [0.3, 0.4) is 0 Å². The first kappa shape index (κ1) is 10.7. The third-order valence-corrected chi connectivity index (χ3v) is 3.00. The topological polar surface area (TPSA) is 55.4 Å². The zero-order chi connectivity index (χ0) is 11.8. The Morgan fingerprint density at radius 2 is 1.88 bits per heavy atom. The first-order chi connectivity index (χ1) is 7.56. The minimum Gasteiger partial charge on any atom is -0.497 e. The summed E-state index contributed by atoms with van der Waals surface area (Å²) in [5.74, 6) is 0.281. The number of rotatable bonds is 2. The largest absolute Gasteiger partial charge is 0.497 e. The molecule has 84 valence electrons. The quantitative estimate of drug-likeness (QED) is 0.755. The molecule has 2 amide bonds. The number of methoxy groups -OCH3 is 1. The highest BCUT2D eigenvalue weighted by molar-refractivity contribution is 6.08. The summed E-state index contributed by atoms with van der Waals surface area (Å²) in [6, 6.07) is 7.21. The number of hydrogen-bond donors (Lipinski definition) is 1. The van der Waals surface area contributed by atoms with Crippen molar-refractivity contribution in [1.29, 1.82) is 0 Å². The average molecular weight is 219 g/mol. The fraction of sp³-hybridized carbons (Fsp3) is 0.333. The van der Waals surface area contributed by atoms with Gasteiger partial charge in [-0.05, 0) is 24.6 Å². The summed E-state index contributed by atoms with van der Waals surface area (Å²) in [5.41, 5.74) is 0.0836. The highest BCUT2D eigenvalue weighted by atomic mass is 16.5. The second kappa shape index (κ2) is 3.63. The van der Waals surface area contributed by atoms with Gasteiger partial charge < -0.3 is 4.74 Å². The van der Waals surface area contributed by atoms with E-state index < -0.39 is 5.41 Å². The van der Waals surface area contributed by atoms with Crippen LogP contribution in [0.5, 0.6) is 5.75 Å². The van der Waals surface area contributed by atoms with Crippen molar-refractivity contribution in [3.05, 3.63) is 29.8 Å². The lowest BCUT2D eigenvalue weighted by Gasteiger charge is -2.20. The molecule has 1 heterocycles. The molecule has 2 rings (SSSR count). The molecule has 1 saturated heterocycles. The molecule has 1 unspecified atom stereocenters. The molecule has 1 aromatic rings. The number of nitrogens with one attached hydrogen (secondary N) is 1. The van der Waals surface area contributed by atoms with Gasteiger partial charge in [0, 0.05) is 6.42 Å². The molecule has 16 heavy (non-hydrogen) atoms. The standard InChI is InChI=1S/C12H13NO3/c1-12(7-10(14)13-11(12)15)8-3-5-9(16-2)6-4-8/h3-6H,7H2,1-2H3,(H,13,14,15). The van der Waals surface area contributed by atoms with Gasteiger partial charge in [-0.1, -0.05) is 12.1 Å². The van der Waals surface area contributed by atoms with Crippen LogP contribution in [-0.2, 0) is 15.0 Å². The number of hydrogen-bond acceptors (Lipinski definition) is 3. The zero-order valence-electron chi connectivity index (χ0n) is 9.24. The number of benzene rings is 1. The summed E-state index contributed by atoms with van der Waals surface area (Å²) < 4.78 is 5.05. The maximum atomic E-state index is 11.7. The normalized spacial score (nSPS) is 24.4. The Hall–Kier alpha value is -1.84. The predicted octanol–water partition coefficient (Wildman–Crippen LogP) is 0.999. The molecule has 0 saturated carbocycles. The monoisotopic (exact) mass is 219 g/mol. The lowest BCUT2D eigenvalue weighted by molar-refractivity contribution is -0.126. The average Bonchev–Trinajstić information content (AvgIpc) is 2.54. The molecule has 0 bridgehead atoms. The van der Waals surface area contributed by atoms with E-state index in [0.29, 0.717) is 0 Å². The van der Waals surface area contributed by atoms with Crippen molar-refractivity contribution in [3.63, 3.8) is 0 Å². The summed E-state index contributed by atoms with van der Waals surface area (Å²) in [6.07, 6.45) is 0.207. The number of carbonyl (C=O) groups is 2. The van der Waals surface area contributed by atoms with Crippen molar-refractivity contribution < 1.29 is 14.3 Å². The minimum absolute atomic E-state index is 0.207. The van der Waals surface area contributed by atoms with Gasteiger partial charge in [-0.15, -0.1) is 0 Å². The van der Waals surface area contributed by atoms with E-state index in [9.17, 15) is 9.59 Å². The second-order valence-corrected chi connectivity index (χ2v) is 4.11. The summed E-state index contributed by atoms with van der Waals surface area (Å²) >= 11 is 0. The van der Waals surface area contributed by atoms with Gasteiger partial charge in [-0.3, -0.25) is 14.9 Å². The van der Waals surface area contributed by atoms with E-state index in [-0.39, 0.29) is 18.2 Å². The van der Waals surface area contributed by atoms with Crippen LogP contribution in [0.25, 0.3) is 0 Å². The Kier molecular flexibility index (Phi) is 2.42. The molecule has 4 heteroatoms. The van der Waals surface area contributed by atoms with Gasteiger partial charge in [0.1, 0.15) is 5.75 Å². The van der Waals surface area contributed by atoms with Gasteiger partial charge in [-0.2, -0.15) is 0 Å². The molecule has 4 nitrogen and oxygen atoms in total.